The van der Waals surface area contributed by atoms with Crippen LogP contribution < -0.4 is 0 Å². The normalized spacial score (nSPS) is 11.5. The van der Waals surface area contributed by atoms with Crippen molar-refractivity contribution >= 4 is 5.97 Å². The second-order valence-electron chi connectivity index (χ2n) is 3.40. The Balaban J connectivity index is 2.67. The van der Waals surface area contributed by atoms with E-state index in [1.54, 1.807) is 6.07 Å². The molecule has 0 fully saturated rings. The average molecular weight is 257 g/mol. The number of aromatic carboxylic acids is 1. The van der Waals surface area contributed by atoms with E-state index >= 15 is 0 Å². The smallest absolute Gasteiger partial charge is 0.422 e. The highest BCUT2D eigenvalue weighted by Crippen LogP contribution is 2.39. The summed E-state index contributed by atoms with van der Waals surface area (Å²) in [6, 6.07) is 7.43. The van der Waals surface area contributed by atoms with E-state index in [9.17, 15) is 18.0 Å². The summed E-state index contributed by atoms with van der Waals surface area (Å²) in [5.74, 6) is -3.02. The summed E-state index contributed by atoms with van der Waals surface area (Å²) in [7, 11) is 0. The number of hydrogen-bond donors (Lipinski definition) is 1. The van der Waals surface area contributed by atoms with E-state index in [4.69, 9.17) is 5.11 Å². The van der Waals surface area contributed by atoms with Gasteiger partial charge in [-0.2, -0.15) is 13.2 Å². The standard InChI is InChI=1S/C11H6F3NO3/c12-11(13,14)7-8(6-4-2-1-3-5-6)15-18-9(7)10(16)17/h1-5H,(H,16,17). The number of nitrogens with zero attached hydrogens (tertiary/aromatic N) is 1. The summed E-state index contributed by atoms with van der Waals surface area (Å²) in [6.07, 6.45) is -4.85. The molecular weight excluding hydrogens is 251 g/mol. The molecule has 2 aromatic rings. The molecule has 0 spiro atoms. The summed E-state index contributed by atoms with van der Waals surface area (Å²) >= 11 is 0. The van der Waals surface area contributed by atoms with Crippen LogP contribution in [0.25, 0.3) is 11.3 Å². The molecule has 0 saturated carbocycles. The first-order chi connectivity index (χ1) is 8.41. The molecular formula is C11H6F3NO3. The Morgan fingerprint density at radius 3 is 2.33 bits per heavy atom. The van der Waals surface area contributed by atoms with Crippen LogP contribution >= 0.6 is 0 Å². The van der Waals surface area contributed by atoms with E-state index in [1.807, 2.05) is 0 Å². The molecule has 18 heavy (non-hydrogen) atoms. The fourth-order valence-electron chi connectivity index (χ4n) is 1.49. The van der Waals surface area contributed by atoms with Crippen LogP contribution in [0, 0.1) is 0 Å². The van der Waals surface area contributed by atoms with Crippen molar-refractivity contribution < 1.29 is 27.6 Å². The van der Waals surface area contributed by atoms with Gasteiger partial charge in [-0.1, -0.05) is 35.5 Å². The minimum Gasteiger partial charge on any atom is -0.475 e. The molecule has 0 radical (unpaired) electrons. The number of aromatic nitrogens is 1. The van der Waals surface area contributed by atoms with E-state index in [0.717, 1.165) is 0 Å². The first-order valence-corrected chi connectivity index (χ1v) is 4.77. The quantitative estimate of drug-likeness (QED) is 0.897. The highest BCUT2D eigenvalue weighted by molar-refractivity contribution is 5.88. The summed E-state index contributed by atoms with van der Waals surface area (Å²) < 4.78 is 42.7. The number of carbonyl (C=O) groups is 1. The molecule has 4 nitrogen and oxygen atoms in total. The van der Waals surface area contributed by atoms with E-state index in [0.29, 0.717) is 0 Å². The van der Waals surface area contributed by atoms with E-state index in [-0.39, 0.29) is 5.56 Å². The van der Waals surface area contributed by atoms with Gasteiger partial charge in [-0.05, 0) is 0 Å². The molecule has 0 atom stereocenters. The monoisotopic (exact) mass is 257 g/mol. The third-order valence-corrected chi connectivity index (χ3v) is 2.22. The summed E-state index contributed by atoms with van der Waals surface area (Å²) in [4.78, 5) is 10.7. The second-order valence-corrected chi connectivity index (χ2v) is 3.40. The van der Waals surface area contributed by atoms with Crippen molar-refractivity contribution in [3.63, 3.8) is 0 Å². The van der Waals surface area contributed by atoms with Crippen molar-refractivity contribution in [1.29, 1.82) is 0 Å². The Labute approximate surface area is 98.6 Å². The molecule has 0 aliphatic rings. The second kappa shape index (κ2) is 4.17. The van der Waals surface area contributed by atoms with Crippen LogP contribution in [-0.2, 0) is 6.18 Å². The van der Waals surface area contributed by atoms with Crippen LogP contribution in [0.15, 0.2) is 34.9 Å². The zero-order chi connectivity index (χ0) is 13.3. The minimum atomic E-state index is -4.85. The van der Waals surface area contributed by atoms with Crippen LogP contribution in [0.4, 0.5) is 13.2 Å². The van der Waals surface area contributed by atoms with Gasteiger partial charge in [0.15, 0.2) is 0 Å². The molecule has 94 valence electrons. The van der Waals surface area contributed by atoms with Crippen molar-refractivity contribution in [3.05, 3.63) is 41.7 Å². The molecule has 0 unspecified atom stereocenters. The highest BCUT2D eigenvalue weighted by atomic mass is 19.4. The molecule has 1 N–H and O–H groups in total. The predicted octanol–water partition coefficient (Wildman–Crippen LogP) is 3.06. The van der Waals surface area contributed by atoms with E-state index in [1.165, 1.54) is 24.3 Å². The number of hydrogen-bond acceptors (Lipinski definition) is 3. The number of rotatable bonds is 2. The maximum atomic E-state index is 12.8. The number of benzene rings is 1. The summed E-state index contributed by atoms with van der Waals surface area (Å²) in [6.45, 7) is 0. The van der Waals surface area contributed by atoms with Crippen molar-refractivity contribution in [3.8, 4) is 11.3 Å². The van der Waals surface area contributed by atoms with Gasteiger partial charge in [-0.3, -0.25) is 0 Å². The van der Waals surface area contributed by atoms with Gasteiger partial charge in [-0.25, -0.2) is 4.79 Å². The fraction of sp³-hybridized carbons (Fsp3) is 0.0909. The SMILES string of the molecule is O=C(O)c1onc(-c2ccccc2)c1C(F)(F)F. The lowest BCUT2D eigenvalue weighted by molar-refractivity contribution is -0.138. The van der Waals surface area contributed by atoms with Gasteiger partial charge < -0.3 is 9.63 Å². The van der Waals surface area contributed by atoms with Crippen molar-refractivity contribution in [2.45, 2.75) is 6.18 Å². The molecule has 0 bridgehead atoms. The summed E-state index contributed by atoms with van der Waals surface area (Å²) in [5.41, 5.74) is -1.76. The predicted molar refractivity (Wildman–Crippen MR) is 53.9 cm³/mol. The average Bonchev–Trinajstić information content (AvgIpc) is 2.74. The van der Waals surface area contributed by atoms with Gasteiger partial charge in [-0.15, -0.1) is 0 Å². The molecule has 7 heteroatoms. The number of halogens is 3. The molecule has 0 saturated heterocycles. The van der Waals surface area contributed by atoms with Crippen LogP contribution in [0.5, 0.6) is 0 Å². The fourth-order valence-corrected chi connectivity index (χ4v) is 1.49. The van der Waals surface area contributed by atoms with E-state index < -0.39 is 29.2 Å². The van der Waals surface area contributed by atoms with Gasteiger partial charge >= 0.3 is 12.1 Å². The molecule has 0 aliphatic heterocycles. The molecule has 2 rings (SSSR count). The third-order valence-electron chi connectivity index (χ3n) is 2.22. The Bertz CT molecular complexity index is 575. The van der Waals surface area contributed by atoms with Crippen molar-refractivity contribution in [2.75, 3.05) is 0 Å². The minimum absolute atomic E-state index is 0.140. The van der Waals surface area contributed by atoms with Crippen molar-refractivity contribution in [2.24, 2.45) is 0 Å². The molecule has 1 heterocycles. The van der Waals surface area contributed by atoms with Gasteiger partial charge in [0, 0.05) is 5.56 Å². The molecule has 0 amide bonds. The summed E-state index contributed by atoms with van der Waals surface area (Å²) in [5, 5.41) is 11.9. The number of carboxylic acids is 1. The number of alkyl halides is 3. The van der Waals surface area contributed by atoms with Gasteiger partial charge in [0.05, 0.1) is 0 Å². The van der Waals surface area contributed by atoms with E-state index in [2.05, 4.69) is 9.68 Å². The third kappa shape index (κ3) is 2.06. The molecule has 0 aliphatic carbocycles. The Hall–Kier alpha value is -2.31. The zero-order valence-electron chi connectivity index (χ0n) is 8.73. The zero-order valence-corrected chi connectivity index (χ0v) is 8.73. The lowest BCUT2D eigenvalue weighted by atomic mass is 10.1. The Morgan fingerprint density at radius 1 is 1.22 bits per heavy atom. The lowest BCUT2D eigenvalue weighted by Gasteiger charge is -2.06. The Morgan fingerprint density at radius 2 is 1.83 bits per heavy atom. The topological polar surface area (TPSA) is 63.3 Å². The van der Waals surface area contributed by atoms with Gasteiger partial charge in [0.2, 0.25) is 0 Å². The molecule has 1 aromatic heterocycles. The molecule has 1 aromatic carbocycles. The first kappa shape index (κ1) is 12.2. The highest BCUT2D eigenvalue weighted by Gasteiger charge is 2.42. The van der Waals surface area contributed by atoms with Crippen LogP contribution in [0.1, 0.15) is 16.1 Å². The largest absolute Gasteiger partial charge is 0.475 e. The van der Waals surface area contributed by atoms with Crippen LogP contribution in [0.3, 0.4) is 0 Å². The van der Waals surface area contributed by atoms with Crippen molar-refractivity contribution in [1.82, 2.24) is 5.16 Å². The van der Waals surface area contributed by atoms with Gasteiger partial charge in [0.1, 0.15) is 11.3 Å². The van der Waals surface area contributed by atoms with Gasteiger partial charge in [0.25, 0.3) is 5.76 Å². The Kier molecular flexibility index (Phi) is 2.82. The lowest BCUT2D eigenvalue weighted by Crippen LogP contribution is -2.11. The van der Waals surface area contributed by atoms with Crippen LogP contribution in [-0.4, -0.2) is 16.2 Å². The first-order valence-electron chi connectivity index (χ1n) is 4.77. The maximum Gasteiger partial charge on any atom is 0.422 e. The van der Waals surface area contributed by atoms with Crippen LogP contribution in [0.2, 0.25) is 0 Å². The number of carboxylic acid groups (broad SMARTS) is 1. The maximum absolute atomic E-state index is 12.8.